The fourth-order valence-electron chi connectivity index (χ4n) is 7.33. The van der Waals surface area contributed by atoms with Gasteiger partial charge in [0.2, 0.25) is 0 Å². The van der Waals surface area contributed by atoms with E-state index in [1.807, 2.05) is 0 Å². The van der Waals surface area contributed by atoms with Crippen molar-refractivity contribution >= 4 is 38.3 Å². The van der Waals surface area contributed by atoms with E-state index in [0.717, 1.165) is 16.9 Å². The third-order valence-corrected chi connectivity index (χ3v) is 9.65. The van der Waals surface area contributed by atoms with Gasteiger partial charge < -0.3 is 15.2 Å². The molecule has 0 amide bonds. The van der Waals surface area contributed by atoms with Gasteiger partial charge in [-0.15, -0.1) is 0 Å². The second-order valence-electron chi connectivity index (χ2n) is 12.3. The molecular formula is C44H33N3. The molecule has 0 bridgehead atoms. The lowest BCUT2D eigenvalue weighted by molar-refractivity contribution is 0.229. The highest BCUT2D eigenvalue weighted by Gasteiger charge is 2.35. The Kier molecular flexibility index (Phi) is 6.51. The van der Waals surface area contributed by atoms with Gasteiger partial charge in [-0.05, 0) is 63.5 Å². The third-order valence-electron chi connectivity index (χ3n) is 9.65. The number of aromatic nitrogens is 1. The maximum Gasteiger partial charge on any atom is 0.104 e. The van der Waals surface area contributed by atoms with Crippen LogP contribution in [0.25, 0.3) is 55.1 Å². The van der Waals surface area contributed by atoms with Crippen LogP contribution in [0.1, 0.15) is 28.9 Å². The maximum absolute atomic E-state index is 7.21. The molecule has 3 heteroatoms. The molecule has 47 heavy (non-hydrogen) atoms. The highest BCUT2D eigenvalue weighted by molar-refractivity contribution is 6.18. The van der Waals surface area contributed by atoms with Gasteiger partial charge in [-0.25, -0.2) is 0 Å². The lowest BCUT2D eigenvalue weighted by Gasteiger charge is -2.46. The summed E-state index contributed by atoms with van der Waals surface area (Å²) in [6.07, 6.45) is 2.02. The number of nitrogens with two attached hydrogens (primary N) is 1. The molecule has 8 aromatic rings. The van der Waals surface area contributed by atoms with Crippen LogP contribution < -0.4 is 5.73 Å². The third kappa shape index (κ3) is 4.55. The monoisotopic (exact) mass is 603 g/mol. The van der Waals surface area contributed by atoms with Crippen LogP contribution in [-0.4, -0.2) is 9.47 Å². The molecular weight excluding hydrogens is 571 g/mol. The quantitative estimate of drug-likeness (QED) is 0.205. The zero-order chi connectivity index (χ0) is 31.3. The summed E-state index contributed by atoms with van der Waals surface area (Å²) >= 11 is 0. The van der Waals surface area contributed by atoms with Crippen LogP contribution in [0.15, 0.2) is 176 Å². The molecule has 0 saturated carbocycles. The Bertz CT molecular complexity index is 2420. The minimum atomic E-state index is -0.325. The van der Waals surface area contributed by atoms with E-state index in [1.165, 1.54) is 54.8 Å². The predicted octanol–water partition coefficient (Wildman–Crippen LogP) is 10.7. The average Bonchev–Trinajstić information content (AvgIpc) is 3.47. The van der Waals surface area contributed by atoms with Crippen LogP contribution in [-0.2, 0) is 0 Å². The zero-order valence-electron chi connectivity index (χ0n) is 25.9. The van der Waals surface area contributed by atoms with Crippen LogP contribution >= 0.6 is 0 Å². The Morgan fingerprint density at radius 1 is 0.511 bits per heavy atom. The second kappa shape index (κ2) is 11.2. The van der Waals surface area contributed by atoms with E-state index in [9.17, 15) is 0 Å². The molecule has 0 saturated heterocycles. The molecule has 7 aromatic carbocycles. The van der Waals surface area contributed by atoms with Crippen molar-refractivity contribution in [2.75, 3.05) is 0 Å². The zero-order valence-corrected chi connectivity index (χ0v) is 25.9. The van der Waals surface area contributed by atoms with E-state index < -0.39 is 0 Å². The van der Waals surface area contributed by atoms with Crippen LogP contribution in [0.5, 0.6) is 0 Å². The first-order chi connectivity index (χ1) is 23.2. The van der Waals surface area contributed by atoms with Crippen LogP contribution in [0, 0.1) is 0 Å². The molecule has 1 aliphatic heterocycles. The molecule has 2 heterocycles. The Morgan fingerprint density at radius 3 is 1.96 bits per heavy atom. The van der Waals surface area contributed by atoms with E-state index in [2.05, 4.69) is 185 Å². The summed E-state index contributed by atoms with van der Waals surface area (Å²) in [6.45, 7) is 0. The summed E-state index contributed by atoms with van der Waals surface area (Å²) in [4.78, 5) is 2.36. The number of fused-ring (bicyclic) bond motifs is 5. The van der Waals surface area contributed by atoms with Crippen molar-refractivity contribution in [3.63, 3.8) is 0 Å². The number of rotatable bonds is 6. The molecule has 0 radical (unpaired) electrons. The van der Waals surface area contributed by atoms with Gasteiger partial charge in [0.25, 0.3) is 0 Å². The molecule has 1 unspecified atom stereocenters. The fraction of sp³-hybridized carbons (Fsp3) is 0.0455. The van der Waals surface area contributed by atoms with Gasteiger partial charge in [0, 0.05) is 27.5 Å². The van der Waals surface area contributed by atoms with E-state index in [1.54, 1.807) is 0 Å². The van der Waals surface area contributed by atoms with Crippen LogP contribution in [0.2, 0.25) is 0 Å². The molecule has 0 fully saturated rings. The number of hydrogen-bond acceptors (Lipinski definition) is 2. The second-order valence-corrected chi connectivity index (χ2v) is 12.3. The first-order valence-electron chi connectivity index (χ1n) is 16.2. The SMILES string of the molecule is NC(c1ccc(-n2c3ccccc3c3ccc4ccccc4c32)cc1)N1C(c2ccccc2)=C[C@H]1c1cccc(-c2ccccc2)c1. The lowest BCUT2D eigenvalue weighted by Crippen LogP contribution is -2.41. The Morgan fingerprint density at radius 2 is 1.17 bits per heavy atom. The summed E-state index contributed by atoms with van der Waals surface area (Å²) in [5, 5.41) is 5.01. The predicted molar refractivity (Wildman–Crippen MR) is 196 cm³/mol. The lowest BCUT2D eigenvalue weighted by atomic mass is 9.89. The summed E-state index contributed by atoms with van der Waals surface area (Å²) in [6, 6.07) is 60.7. The van der Waals surface area contributed by atoms with Gasteiger partial charge in [-0.1, -0.05) is 146 Å². The minimum Gasteiger partial charge on any atom is -0.341 e. The van der Waals surface area contributed by atoms with Crippen molar-refractivity contribution in [3.05, 3.63) is 193 Å². The molecule has 1 aliphatic rings. The van der Waals surface area contributed by atoms with Crippen molar-refractivity contribution in [1.82, 2.24) is 9.47 Å². The van der Waals surface area contributed by atoms with Crippen molar-refractivity contribution < 1.29 is 0 Å². The average molecular weight is 604 g/mol. The Balaban J connectivity index is 1.12. The molecule has 0 spiro atoms. The van der Waals surface area contributed by atoms with Gasteiger partial charge in [0.1, 0.15) is 6.17 Å². The smallest absolute Gasteiger partial charge is 0.104 e. The van der Waals surface area contributed by atoms with E-state index in [0.29, 0.717) is 0 Å². The number of hydrogen-bond donors (Lipinski definition) is 1. The van der Waals surface area contributed by atoms with Gasteiger partial charge in [0.15, 0.2) is 0 Å². The van der Waals surface area contributed by atoms with E-state index in [4.69, 9.17) is 5.73 Å². The van der Waals surface area contributed by atoms with Crippen LogP contribution in [0.4, 0.5) is 0 Å². The molecule has 1 aromatic heterocycles. The first kappa shape index (κ1) is 27.4. The summed E-state index contributed by atoms with van der Waals surface area (Å²) in [5.41, 5.74) is 17.8. The summed E-state index contributed by atoms with van der Waals surface area (Å²) < 4.78 is 2.40. The normalized spacial score (nSPS) is 15.1. The topological polar surface area (TPSA) is 34.2 Å². The minimum absolute atomic E-state index is 0.0623. The molecule has 0 aliphatic carbocycles. The standard InChI is InChI=1S/C44H33N3/c45-44(47-41(32-15-5-2-6-16-32)29-42(47)35-18-11-17-34(28-35)30-12-3-1-4-13-30)33-22-25-36(26-23-33)46-40-21-10-9-20-38(40)39-27-24-31-14-7-8-19-37(31)43(39)46/h1-29,42,44H,45H2/t42-,44?/m0/s1. The summed E-state index contributed by atoms with van der Waals surface area (Å²) in [5.74, 6) is 0. The Labute approximate surface area is 274 Å². The largest absolute Gasteiger partial charge is 0.341 e. The number of nitrogens with zero attached hydrogens (tertiary/aromatic N) is 2. The molecule has 2 atom stereocenters. The van der Waals surface area contributed by atoms with Crippen molar-refractivity contribution in [1.29, 1.82) is 0 Å². The van der Waals surface area contributed by atoms with Crippen LogP contribution in [0.3, 0.4) is 0 Å². The van der Waals surface area contributed by atoms with Gasteiger partial charge in [0.05, 0.1) is 17.1 Å². The molecule has 2 N–H and O–H groups in total. The number of benzene rings is 7. The molecule has 9 rings (SSSR count). The summed E-state index contributed by atoms with van der Waals surface area (Å²) in [7, 11) is 0. The van der Waals surface area contributed by atoms with E-state index in [-0.39, 0.29) is 12.2 Å². The molecule has 224 valence electrons. The first-order valence-corrected chi connectivity index (χ1v) is 16.2. The highest BCUT2D eigenvalue weighted by atomic mass is 15.3. The maximum atomic E-state index is 7.21. The fourth-order valence-corrected chi connectivity index (χ4v) is 7.33. The van der Waals surface area contributed by atoms with Gasteiger partial charge >= 0.3 is 0 Å². The van der Waals surface area contributed by atoms with Crippen molar-refractivity contribution in [2.24, 2.45) is 5.73 Å². The Hall–Kier alpha value is -5.90. The van der Waals surface area contributed by atoms with Gasteiger partial charge in [-0.3, -0.25) is 0 Å². The van der Waals surface area contributed by atoms with Crippen molar-refractivity contribution in [3.8, 4) is 16.8 Å². The van der Waals surface area contributed by atoms with E-state index >= 15 is 0 Å². The highest BCUT2D eigenvalue weighted by Crippen LogP contribution is 2.46. The number of para-hydroxylation sites is 1. The molecule has 3 nitrogen and oxygen atoms in total. The van der Waals surface area contributed by atoms with Gasteiger partial charge in [-0.2, -0.15) is 0 Å². The van der Waals surface area contributed by atoms with Crippen molar-refractivity contribution in [2.45, 2.75) is 12.2 Å².